The van der Waals surface area contributed by atoms with Crippen LogP contribution in [0.3, 0.4) is 0 Å². The number of nitrogens with zero attached hydrogens (tertiary/aromatic N) is 1. The van der Waals surface area contributed by atoms with Gasteiger partial charge in [0.1, 0.15) is 0 Å². The Bertz CT molecular complexity index is 397. The fraction of sp³-hybridized carbons (Fsp3) is 0.500. The first kappa shape index (κ1) is 16.5. The summed E-state index contributed by atoms with van der Waals surface area (Å²) in [5.41, 5.74) is 5.55. The molecule has 1 atom stereocenters. The van der Waals surface area contributed by atoms with E-state index in [-0.39, 0.29) is 11.9 Å². The van der Waals surface area contributed by atoms with Gasteiger partial charge in [-0.05, 0) is 43.4 Å². The van der Waals surface area contributed by atoms with Gasteiger partial charge in [0, 0.05) is 35.4 Å². The molecule has 0 aliphatic heterocycles. The van der Waals surface area contributed by atoms with E-state index in [0.29, 0.717) is 13.0 Å². The number of likely N-dealkylation sites (N-methyl/N-ethyl adjacent to an activating group) is 1. The zero-order chi connectivity index (χ0) is 14.3. The van der Waals surface area contributed by atoms with E-state index in [4.69, 9.17) is 5.73 Å². The van der Waals surface area contributed by atoms with Gasteiger partial charge in [0.05, 0.1) is 0 Å². The monoisotopic (exact) mass is 344 g/mol. The standard InChI is InChI=1S/C14H21BrN2OS/c1-11(10-16)17(2)14(18)4-3-9-19-13-7-5-12(15)6-8-13/h5-8,11H,3-4,9-10,16H2,1-2H3. The Labute approximate surface area is 128 Å². The molecule has 1 aromatic rings. The highest BCUT2D eigenvalue weighted by Gasteiger charge is 2.13. The largest absolute Gasteiger partial charge is 0.342 e. The molecule has 106 valence electrons. The molecule has 3 nitrogen and oxygen atoms in total. The van der Waals surface area contributed by atoms with Gasteiger partial charge in [-0.15, -0.1) is 11.8 Å². The lowest BCUT2D eigenvalue weighted by atomic mass is 10.2. The highest BCUT2D eigenvalue weighted by molar-refractivity contribution is 9.10. The average molecular weight is 345 g/mol. The fourth-order valence-electron chi connectivity index (χ4n) is 1.52. The SMILES string of the molecule is CC(CN)N(C)C(=O)CCCSc1ccc(Br)cc1. The van der Waals surface area contributed by atoms with E-state index in [1.807, 2.05) is 26.1 Å². The highest BCUT2D eigenvalue weighted by Crippen LogP contribution is 2.21. The van der Waals surface area contributed by atoms with Crippen LogP contribution in [0.25, 0.3) is 0 Å². The minimum Gasteiger partial charge on any atom is -0.342 e. The van der Waals surface area contributed by atoms with E-state index in [0.717, 1.165) is 16.6 Å². The number of nitrogens with two attached hydrogens (primary N) is 1. The summed E-state index contributed by atoms with van der Waals surface area (Å²) in [5.74, 6) is 1.13. The third kappa shape index (κ3) is 5.97. The second-order valence-electron chi connectivity index (χ2n) is 4.50. The lowest BCUT2D eigenvalue weighted by Gasteiger charge is -2.23. The summed E-state index contributed by atoms with van der Waals surface area (Å²) >= 11 is 5.19. The molecule has 2 N–H and O–H groups in total. The summed E-state index contributed by atoms with van der Waals surface area (Å²) in [6, 6.07) is 8.35. The van der Waals surface area contributed by atoms with Crippen LogP contribution in [0.15, 0.2) is 33.6 Å². The minimum atomic E-state index is 0.117. The molecule has 0 aliphatic rings. The molecular formula is C14H21BrN2OS. The molecule has 0 aliphatic carbocycles. The predicted octanol–water partition coefficient (Wildman–Crippen LogP) is 3.13. The zero-order valence-electron chi connectivity index (χ0n) is 11.4. The number of rotatable bonds is 7. The average Bonchev–Trinajstić information content (AvgIpc) is 2.43. The second-order valence-corrected chi connectivity index (χ2v) is 6.58. The molecule has 0 saturated heterocycles. The van der Waals surface area contributed by atoms with Gasteiger partial charge in [-0.3, -0.25) is 4.79 Å². The van der Waals surface area contributed by atoms with Gasteiger partial charge >= 0.3 is 0 Å². The van der Waals surface area contributed by atoms with E-state index < -0.39 is 0 Å². The third-order valence-electron chi connectivity index (χ3n) is 3.01. The maximum atomic E-state index is 11.9. The van der Waals surface area contributed by atoms with Crippen LogP contribution >= 0.6 is 27.7 Å². The Balaban J connectivity index is 2.23. The van der Waals surface area contributed by atoms with Crippen LogP contribution in [-0.4, -0.2) is 36.2 Å². The topological polar surface area (TPSA) is 46.3 Å². The summed E-state index contributed by atoms with van der Waals surface area (Å²) in [7, 11) is 1.82. The molecule has 0 radical (unpaired) electrons. The molecule has 0 heterocycles. The molecule has 0 aromatic heterocycles. The summed E-state index contributed by atoms with van der Waals surface area (Å²) in [6.07, 6.45) is 1.48. The van der Waals surface area contributed by atoms with E-state index in [1.54, 1.807) is 16.7 Å². The lowest BCUT2D eigenvalue weighted by molar-refractivity contribution is -0.131. The summed E-state index contributed by atoms with van der Waals surface area (Å²) in [4.78, 5) is 14.8. The number of hydrogen-bond donors (Lipinski definition) is 1. The molecular weight excluding hydrogens is 324 g/mol. The van der Waals surface area contributed by atoms with Crippen LogP contribution in [0, 0.1) is 0 Å². The van der Waals surface area contributed by atoms with Crippen LogP contribution in [0.1, 0.15) is 19.8 Å². The van der Waals surface area contributed by atoms with Crippen LogP contribution < -0.4 is 5.73 Å². The van der Waals surface area contributed by atoms with Crippen molar-refractivity contribution in [3.63, 3.8) is 0 Å². The van der Waals surface area contributed by atoms with Gasteiger partial charge in [0.15, 0.2) is 0 Å². The van der Waals surface area contributed by atoms with Crippen molar-refractivity contribution in [2.75, 3.05) is 19.3 Å². The van der Waals surface area contributed by atoms with Crippen molar-refractivity contribution in [3.8, 4) is 0 Å². The van der Waals surface area contributed by atoms with Crippen molar-refractivity contribution in [2.24, 2.45) is 5.73 Å². The van der Waals surface area contributed by atoms with Crippen molar-refractivity contribution in [3.05, 3.63) is 28.7 Å². The molecule has 19 heavy (non-hydrogen) atoms. The number of benzene rings is 1. The van der Waals surface area contributed by atoms with Crippen molar-refractivity contribution < 1.29 is 4.79 Å². The van der Waals surface area contributed by atoms with Gasteiger partial charge < -0.3 is 10.6 Å². The van der Waals surface area contributed by atoms with E-state index in [1.165, 1.54) is 4.90 Å². The first-order chi connectivity index (χ1) is 9.04. The van der Waals surface area contributed by atoms with Gasteiger partial charge in [-0.25, -0.2) is 0 Å². The predicted molar refractivity (Wildman–Crippen MR) is 85.4 cm³/mol. The maximum Gasteiger partial charge on any atom is 0.222 e. The van der Waals surface area contributed by atoms with Gasteiger partial charge in [0.2, 0.25) is 5.91 Å². The summed E-state index contributed by atoms with van der Waals surface area (Å²) in [6.45, 7) is 2.48. The quantitative estimate of drug-likeness (QED) is 0.610. The van der Waals surface area contributed by atoms with Crippen LogP contribution in [0.2, 0.25) is 0 Å². The van der Waals surface area contributed by atoms with Crippen molar-refractivity contribution >= 4 is 33.6 Å². The molecule has 0 spiro atoms. The normalized spacial score (nSPS) is 12.2. The molecule has 1 rings (SSSR count). The smallest absolute Gasteiger partial charge is 0.222 e. The third-order valence-corrected chi connectivity index (χ3v) is 4.64. The van der Waals surface area contributed by atoms with Gasteiger partial charge in [-0.2, -0.15) is 0 Å². The molecule has 0 fully saturated rings. The van der Waals surface area contributed by atoms with E-state index >= 15 is 0 Å². The first-order valence-electron chi connectivity index (χ1n) is 6.38. The Hall–Kier alpha value is -0.520. The van der Waals surface area contributed by atoms with Crippen molar-refractivity contribution in [1.82, 2.24) is 4.90 Å². The van der Waals surface area contributed by atoms with Crippen LogP contribution in [-0.2, 0) is 4.79 Å². The molecule has 1 aromatic carbocycles. The number of carbonyl (C=O) groups is 1. The maximum absolute atomic E-state index is 11.9. The summed E-state index contributed by atoms with van der Waals surface area (Å²) in [5, 5.41) is 0. The number of hydrogen-bond acceptors (Lipinski definition) is 3. The van der Waals surface area contributed by atoms with Crippen molar-refractivity contribution in [2.45, 2.75) is 30.7 Å². The van der Waals surface area contributed by atoms with Gasteiger partial charge in [0.25, 0.3) is 0 Å². The Morgan fingerprint density at radius 2 is 2.05 bits per heavy atom. The molecule has 0 bridgehead atoms. The lowest BCUT2D eigenvalue weighted by Crippen LogP contribution is -2.39. The second kappa shape index (κ2) is 8.61. The van der Waals surface area contributed by atoms with Crippen molar-refractivity contribution in [1.29, 1.82) is 0 Å². The molecule has 1 amide bonds. The Morgan fingerprint density at radius 1 is 1.42 bits per heavy atom. The Morgan fingerprint density at radius 3 is 2.63 bits per heavy atom. The summed E-state index contributed by atoms with van der Waals surface area (Å²) < 4.78 is 1.09. The molecule has 5 heteroatoms. The molecule has 0 saturated carbocycles. The van der Waals surface area contributed by atoms with E-state index in [9.17, 15) is 4.79 Å². The van der Waals surface area contributed by atoms with Crippen LogP contribution in [0.4, 0.5) is 0 Å². The van der Waals surface area contributed by atoms with E-state index in [2.05, 4.69) is 28.1 Å². The number of carbonyl (C=O) groups excluding carboxylic acids is 1. The fourth-order valence-corrected chi connectivity index (χ4v) is 2.64. The zero-order valence-corrected chi connectivity index (χ0v) is 13.8. The number of thioether (sulfide) groups is 1. The number of amides is 1. The highest BCUT2D eigenvalue weighted by atomic mass is 79.9. The minimum absolute atomic E-state index is 0.117. The first-order valence-corrected chi connectivity index (χ1v) is 8.16. The van der Waals surface area contributed by atoms with Gasteiger partial charge in [-0.1, -0.05) is 15.9 Å². The Kier molecular flexibility index (Phi) is 7.49. The van der Waals surface area contributed by atoms with Crippen LogP contribution in [0.5, 0.6) is 0 Å². The number of halogens is 1. The molecule has 1 unspecified atom stereocenters.